The summed E-state index contributed by atoms with van der Waals surface area (Å²) in [5.41, 5.74) is -1.78. The molecule has 1 atom stereocenters. The Morgan fingerprint density at radius 3 is 1.97 bits per heavy atom. The Labute approximate surface area is 207 Å². The van der Waals surface area contributed by atoms with Gasteiger partial charge in [0, 0.05) is 11.1 Å². The fourth-order valence-electron chi connectivity index (χ4n) is 3.97. The lowest BCUT2D eigenvalue weighted by Crippen LogP contribution is -2.63. The molecule has 36 heavy (non-hydrogen) atoms. The van der Waals surface area contributed by atoms with Crippen molar-refractivity contribution < 1.29 is 22.8 Å². The van der Waals surface area contributed by atoms with Crippen LogP contribution in [0.2, 0.25) is 0 Å². The molecule has 1 aliphatic heterocycles. The van der Waals surface area contributed by atoms with Crippen LogP contribution in [-0.4, -0.2) is 34.4 Å². The number of carbonyl (C=O) groups excluding carboxylic acids is 2. The number of amidine groups is 1. The van der Waals surface area contributed by atoms with E-state index in [4.69, 9.17) is 0 Å². The van der Waals surface area contributed by atoms with Crippen molar-refractivity contribution in [3.8, 4) is 0 Å². The van der Waals surface area contributed by atoms with Crippen molar-refractivity contribution in [2.45, 2.75) is 44.6 Å². The van der Waals surface area contributed by atoms with Gasteiger partial charge < -0.3 is 5.32 Å². The van der Waals surface area contributed by atoms with Crippen molar-refractivity contribution in [1.29, 1.82) is 0 Å². The highest BCUT2D eigenvalue weighted by molar-refractivity contribution is 6.16. The van der Waals surface area contributed by atoms with E-state index in [1.54, 1.807) is 72.8 Å². The summed E-state index contributed by atoms with van der Waals surface area (Å²) in [6.45, 7) is 5.82. The van der Waals surface area contributed by atoms with Crippen molar-refractivity contribution in [1.82, 2.24) is 10.2 Å². The van der Waals surface area contributed by atoms with Crippen LogP contribution in [0, 0.1) is 0 Å². The third-order valence-corrected chi connectivity index (χ3v) is 6.02. The van der Waals surface area contributed by atoms with Gasteiger partial charge in [0.25, 0.3) is 11.8 Å². The van der Waals surface area contributed by atoms with E-state index in [0.717, 1.165) is 10.5 Å². The molecule has 3 aromatic carbocycles. The minimum Gasteiger partial charge on any atom is -0.312 e. The van der Waals surface area contributed by atoms with Crippen molar-refractivity contribution in [3.63, 3.8) is 0 Å². The van der Waals surface area contributed by atoms with Gasteiger partial charge in [0.15, 0.2) is 0 Å². The molecule has 0 radical (unpaired) electrons. The Morgan fingerprint density at radius 1 is 0.889 bits per heavy atom. The van der Waals surface area contributed by atoms with Gasteiger partial charge in [0.1, 0.15) is 5.84 Å². The zero-order valence-corrected chi connectivity index (χ0v) is 20.1. The quantitative estimate of drug-likeness (QED) is 0.513. The Morgan fingerprint density at radius 2 is 1.44 bits per heavy atom. The maximum atomic E-state index is 14.6. The van der Waals surface area contributed by atoms with Crippen LogP contribution in [0.3, 0.4) is 0 Å². The molecular weight excluding hydrogens is 467 g/mol. The average molecular weight is 494 g/mol. The van der Waals surface area contributed by atoms with E-state index in [2.05, 4.69) is 4.99 Å². The molecule has 0 fully saturated rings. The number of nitrogens with one attached hydrogen (secondary N) is 1. The molecule has 0 bridgehead atoms. The monoisotopic (exact) mass is 493 g/mol. The highest BCUT2D eigenvalue weighted by Crippen LogP contribution is 2.39. The van der Waals surface area contributed by atoms with Crippen LogP contribution in [0.4, 0.5) is 13.2 Å². The number of aliphatic imine (C=N–C) groups is 1. The number of carbonyl (C=O) groups is 2. The fourth-order valence-corrected chi connectivity index (χ4v) is 3.97. The van der Waals surface area contributed by atoms with Gasteiger partial charge in [-0.05, 0) is 28.7 Å². The molecule has 1 aliphatic rings. The van der Waals surface area contributed by atoms with Crippen LogP contribution in [0.5, 0.6) is 0 Å². The largest absolute Gasteiger partial charge is 0.442 e. The van der Waals surface area contributed by atoms with Gasteiger partial charge in [-0.25, -0.2) is 4.99 Å². The molecule has 1 N–H and O–H groups in total. The summed E-state index contributed by atoms with van der Waals surface area (Å²) < 4.78 is 43.8. The number of hydrogen-bond acceptors (Lipinski definition) is 3. The third kappa shape index (κ3) is 4.76. The lowest BCUT2D eigenvalue weighted by Gasteiger charge is -2.29. The highest BCUT2D eigenvalue weighted by atomic mass is 19.4. The summed E-state index contributed by atoms with van der Waals surface area (Å²) in [7, 11) is 0. The molecule has 0 aliphatic carbocycles. The van der Waals surface area contributed by atoms with Gasteiger partial charge in [-0.3, -0.25) is 14.5 Å². The molecule has 8 heteroatoms. The topological polar surface area (TPSA) is 61.8 Å². The summed E-state index contributed by atoms with van der Waals surface area (Å²) in [5.74, 6) is -2.57. The molecule has 0 spiro atoms. The number of halogens is 3. The fraction of sp³-hybridized carbons (Fsp3) is 0.250. The predicted octanol–water partition coefficient (Wildman–Crippen LogP) is 5.46. The Kier molecular flexibility index (Phi) is 6.47. The van der Waals surface area contributed by atoms with Crippen LogP contribution in [0.15, 0.2) is 89.9 Å². The van der Waals surface area contributed by atoms with Crippen LogP contribution in [0.25, 0.3) is 0 Å². The smallest absolute Gasteiger partial charge is 0.312 e. The second-order valence-corrected chi connectivity index (χ2v) is 9.67. The van der Waals surface area contributed by atoms with Crippen LogP contribution in [-0.2, 0) is 16.8 Å². The Balaban J connectivity index is 1.76. The van der Waals surface area contributed by atoms with Gasteiger partial charge in [-0.2, -0.15) is 13.2 Å². The number of hydrogen-bond donors (Lipinski definition) is 1. The average Bonchev–Trinajstić information content (AvgIpc) is 3.12. The number of alkyl halides is 3. The van der Waals surface area contributed by atoms with E-state index in [1.807, 2.05) is 26.1 Å². The second-order valence-electron chi connectivity index (χ2n) is 9.67. The first kappa shape index (κ1) is 25.2. The van der Waals surface area contributed by atoms with Crippen molar-refractivity contribution in [2.75, 3.05) is 0 Å². The second kappa shape index (κ2) is 9.26. The van der Waals surface area contributed by atoms with E-state index in [9.17, 15) is 22.8 Å². The molecule has 1 unspecified atom stereocenters. The van der Waals surface area contributed by atoms with E-state index >= 15 is 0 Å². The van der Waals surface area contributed by atoms with E-state index in [0.29, 0.717) is 11.1 Å². The number of nitrogens with zero attached hydrogens (tertiary/aromatic N) is 2. The van der Waals surface area contributed by atoms with E-state index < -0.39 is 23.7 Å². The molecular formula is C28H26F3N3O2. The Bertz CT molecular complexity index is 1280. The zero-order chi connectivity index (χ0) is 26.1. The SMILES string of the molecule is CC(C)(C)c1ccc(C(=O)NC2(C(F)(F)F)N=C(c3ccccc3)N(Cc3ccccc3)C2=O)cc1. The molecule has 5 nitrogen and oxygen atoms in total. The van der Waals surface area contributed by atoms with Crippen LogP contribution < -0.4 is 5.32 Å². The molecule has 4 rings (SSSR count). The summed E-state index contributed by atoms with van der Waals surface area (Å²) in [6, 6.07) is 23.1. The summed E-state index contributed by atoms with van der Waals surface area (Å²) in [5, 5.41) is 1.93. The minimum atomic E-state index is -5.18. The molecule has 0 saturated carbocycles. The summed E-state index contributed by atoms with van der Waals surface area (Å²) in [6.07, 6.45) is -5.18. The third-order valence-electron chi connectivity index (χ3n) is 6.02. The predicted molar refractivity (Wildman–Crippen MR) is 131 cm³/mol. The van der Waals surface area contributed by atoms with Crippen LogP contribution in [0.1, 0.15) is 47.8 Å². The summed E-state index contributed by atoms with van der Waals surface area (Å²) >= 11 is 0. The molecule has 0 saturated heterocycles. The summed E-state index contributed by atoms with van der Waals surface area (Å²) in [4.78, 5) is 31.4. The van der Waals surface area contributed by atoms with Gasteiger partial charge in [0.2, 0.25) is 0 Å². The maximum absolute atomic E-state index is 14.6. The minimum absolute atomic E-state index is 0.00241. The van der Waals surface area contributed by atoms with E-state index in [-0.39, 0.29) is 23.4 Å². The normalized spacial score (nSPS) is 18.2. The first-order valence-electron chi connectivity index (χ1n) is 11.4. The van der Waals surface area contributed by atoms with Crippen molar-refractivity contribution in [2.24, 2.45) is 4.99 Å². The first-order valence-corrected chi connectivity index (χ1v) is 11.4. The lowest BCUT2D eigenvalue weighted by atomic mass is 9.86. The molecule has 0 aromatic heterocycles. The molecule has 186 valence electrons. The Hall–Kier alpha value is -3.94. The van der Waals surface area contributed by atoms with Crippen molar-refractivity contribution >= 4 is 17.6 Å². The molecule has 3 aromatic rings. The lowest BCUT2D eigenvalue weighted by molar-refractivity contribution is -0.196. The van der Waals surface area contributed by atoms with Gasteiger partial charge >= 0.3 is 11.8 Å². The highest BCUT2D eigenvalue weighted by Gasteiger charge is 2.67. The standard InChI is InChI=1S/C28H26F3N3O2/c1-26(2,3)22-16-14-21(15-17-22)24(35)33-27(28(29,30)31)25(36)34(18-19-10-6-4-7-11-19)23(32-27)20-12-8-5-9-13-20/h4-17H,18H2,1-3H3,(H,33,35). The van der Waals surface area contributed by atoms with Gasteiger partial charge in [0.05, 0.1) is 6.54 Å². The maximum Gasteiger partial charge on any atom is 0.442 e. The number of rotatable bonds is 5. The zero-order valence-electron chi connectivity index (χ0n) is 20.1. The number of amides is 2. The number of benzene rings is 3. The van der Waals surface area contributed by atoms with E-state index in [1.165, 1.54) is 12.1 Å². The van der Waals surface area contributed by atoms with Crippen LogP contribution >= 0.6 is 0 Å². The van der Waals surface area contributed by atoms with Gasteiger partial charge in [-0.15, -0.1) is 0 Å². The van der Waals surface area contributed by atoms with Crippen molar-refractivity contribution in [3.05, 3.63) is 107 Å². The molecule has 1 heterocycles. The first-order chi connectivity index (χ1) is 16.9. The molecule has 2 amide bonds. The van der Waals surface area contributed by atoms with Gasteiger partial charge in [-0.1, -0.05) is 93.6 Å².